The summed E-state index contributed by atoms with van der Waals surface area (Å²) in [6.45, 7) is 2.13. The molecule has 0 saturated heterocycles. The second-order valence-corrected chi connectivity index (χ2v) is 5.16. The van der Waals surface area contributed by atoms with E-state index in [-0.39, 0.29) is 6.04 Å². The van der Waals surface area contributed by atoms with Gasteiger partial charge in [0, 0.05) is 10.7 Å². The van der Waals surface area contributed by atoms with Crippen LogP contribution in [0.5, 0.6) is 0 Å². The van der Waals surface area contributed by atoms with Gasteiger partial charge in [-0.3, -0.25) is 4.98 Å². The number of hydrogen-bond donors (Lipinski definition) is 1. The van der Waals surface area contributed by atoms with Gasteiger partial charge in [0.15, 0.2) is 0 Å². The molecule has 0 aliphatic carbocycles. The molecule has 0 aliphatic heterocycles. The minimum Gasteiger partial charge on any atom is -0.322 e. The molecule has 2 nitrogen and oxygen atoms in total. The Balaban J connectivity index is 2.22. The Morgan fingerprint density at radius 3 is 2.61 bits per heavy atom. The van der Waals surface area contributed by atoms with Gasteiger partial charge in [-0.25, -0.2) is 0 Å². The van der Waals surface area contributed by atoms with Crippen molar-refractivity contribution in [2.75, 3.05) is 0 Å². The van der Waals surface area contributed by atoms with E-state index < -0.39 is 0 Å². The maximum Gasteiger partial charge on any atom is 0.0606 e. The van der Waals surface area contributed by atoms with Crippen LogP contribution in [0.3, 0.4) is 0 Å². The summed E-state index contributed by atoms with van der Waals surface area (Å²) >= 11 is 3.56. The summed E-state index contributed by atoms with van der Waals surface area (Å²) in [5, 5.41) is 0. The maximum absolute atomic E-state index is 6.29. The van der Waals surface area contributed by atoms with Crippen LogP contribution < -0.4 is 5.73 Å². The summed E-state index contributed by atoms with van der Waals surface area (Å²) in [5.74, 6) is 0. The van der Waals surface area contributed by atoms with E-state index >= 15 is 0 Å². The molecule has 1 aromatic carbocycles. The van der Waals surface area contributed by atoms with Crippen molar-refractivity contribution >= 4 is 15.9 Å². The number of nitrogens with two attached hydrogens (primary N) is 1. The van der Waals surface area contributed by atoms with E-state index in [0.29, 0.717) is 0 Å². The van der Waals surface area contributed by atoms with Gasteiger partial charge in [0.05, 0.1) is 11.7 Å². The van der Waals surface area contributed by atoms with Crippen molar-refractivity contribution in [3.05, 3.63) is 63.9 Å². The third-order valence-electron chi connectivity index (χ3n) is 3.06. The average molecular weight is 305 g/mol. The van der Waals surface area contributed by atoms with Crippen LogP contribution in [0.15, 0.2) is 47.1 Å². The largest absolute Gasteiger partial charge is 0.322 e. The third kappa shape index (κ3) is 2.98. The number of hydrogen-bond acceptors (Lipinski definition) is 2. The molecule has 0 saturated carbocycles. The molecule has 3 heteroatoms. The molecule has 94 valence electrons. The third-order valence-corrected chi connectivity index (χ3v) is 3.83. The summed E-state index contributed by atoms with van der Waals surface area (Å²) in [4.78, 5) is 4.43. The molecular formula is C15H17BrN2. The molecule has 0 radical (unpaired) electrons. The number of nitrogens with zero attached hydrogens (tertiary/aromatic N) is 1. The molecule has 0 bridgehead atoms. The van der Waals surface area contributed by atoms with Crippen molar-refractivity contribution < 1.29 is 0 Å². The van der Waals surface area contributed by atoms with Gasteiger partial charge in [-0.15, -0.1) is 0 Å². The van der Waals surface area contributed by atoms with Crippen LogP contribution in [0.25, 0.3) is 0 Å². The Kier molecular flexibility index (Phi) is 4.50. The fraction of sp³-hybridized carbons (Fsp3) is 0.267. The maximum atomic E-state index is 6.29. The lowest BCUT2D eigenvalue weighted by Gasteiger charge is -2.15. The predicted molar refractivity (Wildman–Crippen MR) is 78.4 cm³/mol. The summed E-state index contributed by atoms with van der Waals surface area (Å²) in [6, 6.07) is 12.2. The second kappa shape index (κ2) is 6.12. The van der Waals surface area contributed by atoms with Crippen LogP contribution in [0, 0.1) is 0 Å². The lowest BCUT2D eigenvalue weighted by molar-refractivity contribution is 0.683. The molecular weight excluding hydrogens is 288 g/mol. The van der Waals surface area contributed by atoms with Gasteiger partial charge in [-0.1, -0.05) is 47.1 Å². The van der Waals surface area contributed by atoms with Crippen molar-refractivity contribution in [3.8, 4) is 0 Å². The van der Waals surface area contributed by atoms with E-state index in [2.05, 4.69) is 40.0 Å². The standard InChI is InChI=1S/C15H17BrN2/c1-2-11-7-5-9-18-15(11)14(17)10-12-6-3-4-8-13(12)16/h3-9,14H,2,10,17H2,1H3. The molecule has 0 spiro atoms. The number of aromatic nitrogens is 1. The van der Waals surface area contributed by atoms with Gasteiger partial charge < -0.3 is 5.73 Å². The molecule has 1 unspecified atom stereocenters. The monoisotopic (exact) mass is 304 g/mol. The zero-order valence-corrected chi connectivity index (χ0v) is 12.0. The molecule has 1 aromatic heterocycles. The number of benzene rings is 1. The highest BCUT2D eigenvalue weighted by atomic mass is 79.9. The van der Waals surface area contributed by atoms with Crippen LogP contribution in [0.4, 0.5) is 0 Å². The lowest BCUT2D eigenvalue weighted by atomic mass is 9.99. The smallest absolute Gasteiger partial charge is 0.0606 e. The Bertz CT molecular complexity index is 525. The fourth-order valence-corrected chi connectivity index (χ4v) is 2.53. The minimum absolute atomic E-state index is 0.0557. The highest BCUT2D eigenvalue weighted by molar-refractivity contribution is 9.10. The van der Waals surface area contributed by atoms with E-state index in [1.165, 1.54) is 11.1 Å². The van der Waals surface area contributed by atoms with Gasteiger partial charge in [0.2, 0.25) is 0 Å². The molecule has 1 atom stereocenters. The van der Waals surface area contributed by atoms with E-state index in [1.807, 2.05) is 30.5 Å². The van der Waals surface area contributed by atoms with Crippen LogP contribution in [-0.4, -0.2) is 4.98 Å². The molecule has 18 heavy (non-hydrogen) atoms. The Labute approximate surface area is 116 Å². The highest BCUT2D eigenvalue weighted by Crippen LogP contribution is 2.23. The topological polar surface area (TPSA) is 38.9 Å². The van der Waals surface area contributed by atoms with Gasteiger partial charge in [0.25, 0.3) is 0 Å². The summed E-state index contributed by atoms with van der Waals surface area (Å²) in [5.41, 5.74) is 9.75. The predicted octanol–water partition coefficient (Wildman–Crippen LogP) is 3.65. The lowest BCUT2D eigenvalue weighted by Crippen LogP contribution is -2.17. The summed E-state index contributed by atoms with van der Waals surface area (Å²) in [6.07, 6.45) is 3.58. The molecule has 0 amide bonds. The summed E-state index contributed by atoms with van der Waals surface area (Å²) in [7, 11) is 0. The molecule has 2 aromatic rings. The second-order valence-electron chi connectivity index (χ2n) is 4.30. The molecule has 2 rings (SSSR count). The van der Waals surface area contributed by atoms with Crippen molar-refractivity contribution in [3.63, 3.8) is 0 Å². The zero-order valence-electron chi connectivity index (χ0n) is 10.4. The van der Waals surface area contributed by atoms with Crippen molar-refractivity contribution in [2.45, 2.75) is 25.8 Å². The first-order valence-corrected chi connectivity index (χ1v) is 6.94. The highest BCUT2D eigenvalue weighted by Gasteiger charge is 2.13. The van der Waals surface area contributed by atoms with Crippen LogP contribution in [0.2, 0.25) is 0 Å². The zero-order chi connectivity index (χ0) is 13.0. The van der Waals surface area contributed by atoms with Crippen LogP contribution >= 0.6 is 15.9 Å². The quantitative estimate of drug-likeness (QED) is 0.936. The first kappa shape index (κ1) is 13.2. The van der Waals surface area contributed by atoms with Crippen molar-refractivity contribution in [2.24, 2.45) is 5.73 Å². The number of halogens is 1. The van der Waals surface area contributed by atoms with Crippen molar-refractivity contribution in [1.29, 1.82) is 0 Å². The first-order chi connectivity index (χ1) is 8.72. The fourth-order valence-electron chi connectivity index (χ4n) is 2.08. The first-order valence-electron chi connectivity index (χ1n) is 6.15. The number of rotatable bonds is 4. The van der Waals surface area contributed by atoms with E-state index in [1.54, 1.807) is 0 Å². The number of pyridine rings is 1. The SMILES string of the molecule is CCc1cccnc1C(N)Cc1ccccc1Br. The summed E-state index contributed by atoms with van der Waals surface area (Å²) < 4.78 is 1.11. The Morgan fingerprint density at radius 1 is 1.17 bits per heavy atom. The van der Waals surface area contributed by atoms with E-state index in [0.717, 1.165) is 23.0 Å². The normalized spacial score (nSPS) is 12.4. The molecule has 0 aliphatic rings. The van der Waals surface area contributed by atoms with Gasteiger partial charge in [0.1, 0.15) is 0 Å². The molecule has 1 heterocycles. The molecule has 0 fully saturated rings. The van der Waals surface area contributed by atoms with Crippen molar-refractivity contribution in [1.82, 2.24) is 4.98 Å². The van der Waals surface area contributed by atoms with Crippen LogP contribution in [0.1, 0.15) is 29.8 Å². The average Bonchev–Trinajstić information content (AvgIpc) is 2.41. The van der Waals surface area contributed by atoms with Gasteiger partial charge in [-0.05, 0) is 36.1 Å². The Hall–Kier alpha value is -1.19. The van der Waals surface area contributed by atoms with Gasteiger partial charge >= 0.3 is 0 Å². The van der Waals surface area contributed by atoms with E-state index in [9.17, 15) is 0 Å². The van der Waals surface area contributed by atoms with Gasteiger partial charge in [-0.2, -0.15) is 0 Å². The molecule has 2 N–H and O–H groups in total. The Morgan fingerprint density at radius 2 is 1.89 bits per heavy atom. The van der Waals surface area contributed by atoms with Crippen LogP contribution in [-0.2, 0) is 12.8 Å². The number of aryl methyl sites for hydroxylation is 1. The van der Waals surface area contributed by atoms with E-state index in [4.69, 9.17) is 5.73 Å². The minimum atomic E-state index is -0.0557.